The summed E-state index contributed by atoms with van der Waals surface area (Å²) < 4.78 is 0. The standard InChI is InChI=1S/C11H18OSi/c1-8(2)7-10-5-4-6-11(13-12)9(10)3/h4-6,8,12H,7,13H2,1-3H3. The maximum Gasteiger partial charge on any atom is 0.188 e. The lowest BCUT2D eigenvalue weighted by Crippen LogP contribution is -2.18. The van der Waals surface area contributed by atoms with E-state index in [1.54, 1.807) is 0 Å². The largest absolute Gasteiger partial charge is 0.433 e. The van der Waals surface area contributed by atoms with Gasteiger partial charge in [-0.25, -0.2) is 0 Å². The minimum atomic E-state index is -0.993. The average molecular weight is 194 g/mol. The fourth-order valence-corrected chi connectivity index (χ4v) is 2.27. The van der Waals surface area contributed by atoms with E-state index in [1.165, 1.54) is 16.3 Å². The van der Waals surface area contributed by atoms with Crippen LogP contribution in [-0.4, -0.2) is 14.6 Å². The molecule has 1 N–H and O–H groups in total. The SMILES string of the molecule is Cc1c(CC(C)C)cccc1[SiH2]O. The van der Waals surface area contributed by atoms with Gasteiger partial charge in [0.1, 0.15) is 0 Å². The molecular weight excluding hydrogens is 176 g/mol. The predicted octanol–water partition coefficient (Wildman–Crippen LogP) is 0.895. The molecule has 1 rings (SSSR count). The van der Waals surface area contributed by atoms with Crippen molar-refractivity contribution < 1.29 is 4.80 Å². The van der Waals surface area contributed by atoms with Gasteiger partial charge in [0.05, 0.1) is 0 Å². The Balaban J connectivity index is 2.94. The third kappa shape index (κ3) is 2.67. The van der Waals surface area contributed by atoms with Gasteiger partial charge in [0, 0.05) is 0 Å². The molecule has 1 aromatic rings. The maximum atomic E-state index is 9.22. The Kier molecular flexibility index (Phi) is 3.69. The molecule has 0 aliphatic rings. The molecule has 0 amide bonds. The topological polar surface area (TPSA) is 20.2 Å². The Morgan fingerprint density at radius 1 is 1.38 bits per heavy atom. The van der Waals surface area contributed by atoms with Crippen LogP contribution in [0.15, 0.2) is 18.2 Å². The first kappa shape index (κ1) is 10.5. The minimum absolute atomic E-state index is 0.689. The van der Waals surface area contributed by atoms with Crippen molar-refractivity contribution in [3.63, 3.8) is 0 Å². The summed E-state index contributed by atoms with van der Waals surface area (Å²) in [5, 5.41) is 1.19. The van der Waals surface area contributed by atoms with Gasteiger partial charge in [0.15, 0.2) is 9.76 Å². The van der Waals surface area contributed by atoms with Gasteiger partial charge >= 0.3 is 0 Å². The van der Waals surface area contributed by atoms with Crippen LogP contribution in [0.4, 0.5) is 0 Å². The highest BCUT2D eigenvalue weighted by Gasteiger charge is 2.04. The van der Waals surface area contributed by atoms with Crippen molar-refractivity contribution in [2.75, 3.05) is 0 Å². The first-order valence-electron chi connectivity index (χ1n) is 4.83. The summed E-state index contributed by atoms with van der Waals surface area (Å²) in [5.41, 5.74) is 2.71. The summed E-state index contributed by atoms with van der Waals surface area (Å²) in [4.78, 5) is 9.22. The van der Waals surface area contributed by atoms with Crippen LogP contribution >= 0.6 is 0 Å². The molecule has 0 fully saturated rings. The van der Waals surface area contributed by atoms with Crippen molar-refractivity contribution in [2.45, 2.75) is 27.2 Å². The van der Waals surface area contributed by atoms with Crippen LogP contribution in [0.5, 0.6) is 0 Å². The monoisotopic (exact) mass is 194 g/mol. The fraction of sp³-hybridized carbons (Fsp3) is 0.455. The summed E-state index contributed by atoms with van der Waals surface area (Å²) in [5.74, 6) is 0.689. The highest BCUT2D eigenvalue weighted by molar-refractivity contribution is 6.46. The highest BCUT2D eigenvalue weighted by atomic mass is 28.2. The second-order valence-corrected chi connectivity index (χ2v) is 5.04. The van der Waals surface area contributed by atoms with E-state index in [4.69, 9.17) is 0 Å². The fourth-order valence-electron chi connectivity index (χ4n) is 1.57. The van der Waals surface area contributed by atoms with Gasteiger partial charge in [-0.05, 0) is 35.6 Å². The molecular formula is C11H18OSi. The first-order valence-corrected chi connectivity index (χ1v) is 6.17. The lowest BCUT2D eigenvalue weighted by atomic mass is 9.99. The third-order valence-corrected chi connectivity index (χ3v) is 3.46. The molecule has 13 heavy (non-hydrogen) atoms. The molecule has 2 heteroatoms. The number of rotatable bonds is 3. The van der Waals surface area contributed by atoms with E-state index < -0.39 is 9.76 Å². The smallest absolute Gasteiger partial charge is 0.188 e. The zero-order chi connectivity index (χ0) is 9.84. The molecule has 0 radical (unpaired) electrons. The molecule has 0 unspecified atom stereocenters. The van der Waals surface area contributed by atoms with Crippen LogP contribution < -0.4 is 5.19 Å². The summed E-state index contributed by atoms with van der Waals surface area (Å²) >= 11 is 0. The number of benzene rings is 1. The van der Waals surface area contributed by atoms with Crippen LogP contribution in [0.25, 0.3) is 0 Å². The molecule has 1 nitrogen and oxygen atoms in total. The molecule has 1 aromatic carbocycles. The second-order valence-electron chi connectivity index (χ2n) is 3.96. The van der Waals surface area contributed by atoms with Crippen LogP contribution in [-0.2, 0) is 6.42 Å². The molecule has 0 spiro atoms. The normalized spacial score (nSPS) is 11.8. The molecule has 0 bridgehead atoms. The van der Waals surface area contributed by atoms with Gasteiger partial charge in [-0.15, -0.1) is 0 Å². The van der Waals surface area contributed by atoms with Gasteiger partial charge in [-0.1, -0.05) is 32.0 Å². The van der Waals surface area contributed by atoms with Gasteiger partial charge in [0.2, 0.25) is 0 Å². The lowest BCUT2D eigenvalue weighted by Gasteiger charge is -2.11. The van der Waals surface area contributed by atoms with Gasteiger partial charge in [-0.2, -0.15) is 0 Å². The van der Waals surface area contributed by atoms with Crippen molar-refractivity contribution >= 4 is 14.9 Å². The van der Waals surface area contributed by atoms with E-state index in [9.17, 15) is 4.80 Å². The summed E-state index contributed by atoms with van der Waals surface area (Å²) in [7, 11) is -0.993. The quantitative estimate of drug-likeness (QED) is 0.709. The second kappa shape index (κ2) is 4.58. The van der Waals surface area contributed by atoms with E-state index in [0.29, 0.717) is 5.92 Å². The number of hydrogen-bond acceptors (Lipinski definition) is 1. The minimum Gasteiger partial charge on any atom is -0.433 e. The first-order chi connectivity index (χ1) is 6.15. The van der Waals surface area contributed by atoms with E-state index in [-0.39, 0.29) is 0 Å². The van der Waals surface area contributed by atoms with Crippen molar-refractivity contribution in [2.24, 2.45) is 5.92 Å². The van der Waals surface area contributed by atoms with Crippen LogP contribution in [0.2, 0.25) is 0 Å². The van der Waals surface area contributed by atoms with E-state index in [2.05, 4.69) is 32.9 Å². The van der Waals surface area contributed by atoms with Crippen LogP contribution in [0.1, 0.15) is 25.0 Å². The van der Waals surface area contributed by atoms with Crippen LogP contribution in [0.3, 0.4) is 0 Å². The Bertz CT molecular complexity index is 281. The van der Waals surface area contributed by atoms with Crippen molar-refractivity contribution in [3.05, 3.63) is 29.3 Å². The average Bonchev–Trinajstić information content (AvgIpc) is 2.08. The van der Waals surface area contributed by atoms with Gasteiger partial charge in [-0.3, -0.25) is 0 Å². The summed E-state index contributed by atoms with van der Waals surface area (Å²) in [6.45, 7) is 6.57. The number of hydrogen-bond donors (Lipinski definition) is 1. The molecule has 0 aliphatic heterocycles. The lowest BCUT2D eigenvalue weighted by molar-refractivity contribution is 0.614. The van der Waals surface area contributed by atoms with Crippen molar-refractivity contribution in [1.82, 2.24) is 0 Å². The zero-order valence-corrected chi connectivity index (χ0v) is 10.1. The Labute approximate surface area is 82.7 Å². The molecule has 0 saturated heterocycles. The highest BCUT2D eigenvalue weighted by Crippen LogP contribution is 2.10. The molecule has 0 aliphatic carbocycles. The van der Waals surface area contributed by atoms with E-state index >= 15 is 0 Å². The molecule has 0 heterocycles. The summed E-state index contributed by atoms with van der Waals surface area (Å²) in [6.07, 6.45) is 1.12. The molecule has 0 atom stereocenters. The van der Waals surface area contributed by atoms with E-state index in [0.717, 1.165) is 6.42 Å². The molecule has 72 valence electrons. The van der Waals surface area contributed by atoms with E-state index in [1.807, 2.05) is 6.07 Å². The zero-order valence-electron chi connectivity index (χ0n) is 8.67. The Morgan fingerprint density at radius 2 is 2.08 bits per heavy atom. The third-order valence-electron chi connectivity index (χ3n) is 2.36. The van der Waals surface area contributed by atoms with Gasteiger partial charge < -0.3 is 4.80 Å². The van der Waals surface area contributed by atoms with Crippen molar-refractivity contribution in [3.8, 4) is 0 Å². The maximum absolute atomic E-state index is 9.22. The Hall–Kier alpha value is -0.603. The predicted molar refractivity (Wildman–Crippen MR) is 60.1 cm³/mol. The molecule has 0 saturated carbocycles. The molecule has 0 aromatic heterocycles. The summed E-state index contributed by atoms with van der Waals surface area (Å²) in [6, 6.07) is 6.28. The van der Waals surface area contributed by atoms with Gasteiger partial charge in [0.25, 0.3) is 0 Å². The van der Waals surface area contributed by atoms with Crippen molar-refractivity contribution in [1.29, 1.82) is 0 Å². The Morgan fingerprint density at radius 3 is 2.62 bits per heavy atom. The van der Waals surface area contributed by atoms with Crippen LogP contribution in [0, 0.1) is 12.8 Å².